The Balaban J connectivity index is 2.10. The average Bonchev–Trinajstić information content (AvgIpc) is 3.02. The lowest BCUT2D eigenvalue weighted by atomic mass is 10.3. The number of hydrogen-bond donors (Lipinski definition) is 1. The van der Waals surface area contributed by atoms with Gasteiger partial charge in [-0.2, -0.15) is 0 Å². The van der Waals surface area contributed by atoms with Crippen LogP contribution in [0, 0.1) is 13.8 Å². The summed E-state index contributed by atoms with van der Waals surface area (Å²) < 4.78 is 9.79. The normalized spacial score (nSPS) is 10.3. The van der Waals surface area contributed by atoms with Crippen LogP contribution in [0.25, 0.3) is 0 Å². The first kappa shape index (κ1) is 14.2. The lowest BCUT2D eigenvalue weighted by molar-refractivity contribution is 0.0526. The minimum atomic E-state index is -0.539. The van der Waals surface area contributed by atoms with Crippen molar-refractivity contribution in [1.82, 2.24) is 10.1 Å². The number of aromatic nitrogens is 2. The summed E-state index contributed by atoms with van der Waals surface area (Å²) in [7, 11) is 0. The fourth-order valence-electron chi connectivity index (χ4n) is 1.36. The third-order valence-corrected chi connectivity index (χ3v) is 3.39. The molecule has 0 unspecified atom stereocenters. The molecule has 0 aliphatic heterocycles. The first-order valence-electron chi connectivity index (χ1n) is 5.89. The van der Waals surface area contributed by atoms with Crippen molar-refractivity contribution < 1.29 is 18.8 Å². The molecule has 0 radical (unpaired) electrons. The fourth-order valence-corrected chi connectivity index (χ4v) is 2.05. The van der Waals surface area contributed by atoms with E-state index in [-0.39, 0.29) is 23.2 Å². The third kappa shape index (κ3) is 2.85. The fraction of sp³-hybridized carbons (Fsp3) is 0.333. The molecule has 0 saturated carbocycles. The minimum Gasteiger partial charge on any atom is -0.461 e. The van der Waals surface area contributed by atoms with E-state index in [9.17, 15) is 9.59 Å². The van der Waals surface area contributed by atoms with Crippen molar-refractivity contribution in [2.24, 2.45) is 0 Å². The number of thiazole rings is 1. The molecule has 0 aromatic carbocycles. The van der Waals surface area contributed by atoms with Gasteiger partial charge in [-0.25, -0.2) is 9.78 Å². The quantitative estimate of drug-likeness (QED) is 0.869. The number of amides is 1. The molecule has 2 aromatic rings. The smallest absolute Gasteiger partial charge is 0.367 e. The molecule has 0 atom stereocenters. The molecule has 106 valence electrons. The highest BCUT2D eigenvalue weighted by molar-refractivity contribution is 7.11. The standard InChI is InChI=1S/C12H13N3O4S/c1-4-18-12(17)11-13-8(5-20-11)9(16)14-10-6(2)7(3)15-19-10/h5H,4H2,1-3H3,(H,14,16). The summed E-state index contributed by atoms with van der Waals surface area (Å²) in [6.07, 6.45) is 0. The van der Waals surface area contributed by atoms with Gasteiger partial charge in [0.25, 0.3) is 5.91 Å². The van der Waals surface area contributed by atoms with Crippen LogP contribution in [-0.4, -0.2) is 28.6 Å². The van der Waals surface area contributed by atoms with Gasteiger partial charge in [0.05, 0.1) is 12.3 Å². The van der Waals surface area contributed by atoms with Gasteiger partial charge in [0.2, 0.25) is 10.9 Å². The SMILES string of the molecule is CCOC(=O)c1nc(C(=O)Nc2onc(C)c2C)cs1. The summed E-state index contributed by atoms with van der Waals surface area (Å²) in [6.45, 7) is 5.52. The van der Waals surface area contributed by atoms with Crippen molar-refractivity contribution in [3.63, 3.8) is 0 Å². The van der Waals surface area contributed by atoms with Gasteiger partial charge in [-0.1, -0.05) is 5.16 Å². The van der Waals surface area contributed by atoms with Crippen LogP contribution < -0.4 is 5.32 Å². The number of nitrogens with one attached hydrogen (secondary N) is 1. The van der Waals surface area contributed by atoms with Crippen LogP contribution in [0.1, 0.15) is 38.5 Å². The van der Waals surface area contributed by atoms with E-state index in [0.717, 1.165) is 16.9 Å². The Morgan fingerprint density at radius 2 is 2.20 bits per heavy atom. The number of carbonyl (C=O) groups excluding carboxylic acids is 2. The topological polar surface area (TPSA) is 94.3 Å². The zero-order valence-corrected chi connectivity index (χ0v) is 12.0. The second-order valence-electron chi connectivity index (χ2n) is 3.93. The Labute approximate surface area is 118 Å². The molecule has 20 heavy (non-hydrogen) atoms. The molecule has 0 fully saturated rings. The number of hydrogen-bond acceptors (Lipinski definition) is 7. The molecule has 0 bridgehead atoms. The molecule has 2 rings (SSSR count). The summed E-state index contributed by atoms with van der Waals surface area (Å²) >= 11 is 1.05. The van der Waals surface area contributed by atoms with Crippen LogP contribution in [0.15, 0.2) is 9.90 Å². The molecular formula is C12H13N3O4S. The predicted octanol–water partition coefficient (Wildman–Crippen LogP) is 2.18. The van der Waals surface area contributed by atoms with Crippen LogP contribution in [0.5, 0.6) is 0 Å². The Morgan fingerprint density at radius 3 is 2.80 bits per heavy atom. The molecule has 0 aliphatic rings. The maximum absolute atomic E-state index is 12.0. The molecule has 0 aliphatic carbocycles. The van der Waals surface area contributed by atoms with Gasteiger partial charge in [0.15, 0.2) is 0 Å². The summed E-state index contributed by atoms with van der Waals surface area (Å²) in [4.78, 5) is 27.4. The minimum absolute atomic E-state index is 0.131. The van der Waals surface area contributed by atoms with Crippen molar-refractivity contribution in [2.75, 3.05) is 11.9 Å². The second-order valence-corrected chi connectivity index (χ2v) is 4.79. The van der Waals surface area contributed by atoms with Gasteiger partial charge in [0, 0.05) is 10.9 Å². The summed E-state index contributed by atoms with van der Waals surface area (Å²) in [5, 5.41) is 7.92. The molecule has 1 amide bonds. The van der Waals surface area contributed by atoms with Crippen LogP contribution in [0.2, 0.25) is 0 Å². The third-order valence-electron chi connectivity index (χ3n) is 2.57. The van der Waals surface area contributed by atoms with Gasteiger partial charge in [-0.05, 0) is 20.8 Å². The van der Waals surface area contributed by atoms with E-state index in [1.54, 1.807) is 20.8 Å². The Hall–Kier alpha value is -2.22. The number of aryl methyl sites for hydroxylation is 1. The highest BCUT2D eigenvalue weighted by Crippen LogP contribution is 2.19. The Morgan fingerprint density at radius 1 is 1.45 bits per heavy atom. The van der Waals surface area contributed by atoms with Crippen molar-refractivity contribution in [3.05, 3.63) is 27.3 Å². The van der Waals surface area contributed by atoms with Crippen LogP contribution >= 0.6 is 11.3 Å². The largest absolute Gasteiger partial charge is 0.461 e. The average molecular weight is 295 g/mol. The molecule has 0 spiro atoms. The highest BCUT2D eigenvalue weighted by Gasteiger charge is 2.18. The number of nitrogens with zero attached hydrogens (tertiary/aromatic N) is 2. The molecule has 8 heteroatoms. The van der Waals surface area contributed by atoms with E-state index >= 15 is 0 Å². The first-order chi connectivity index (χ1) is 9.52. The van der Waals surface area contributed by atoms with Crippen LogP contribution in [0.3, 0.4) is 0 Å². The van der Waals surface area contributed by atoms with Crippen LogP contribution in [-0.2, 0) is 4.74 Å². The first-order valence-corrected chi connectivity index (χ1v) is 6.77. The Bertz CT molecular complexity index is 647. The van der Waals surface area contributed by atoms with E-state index in [1.807, 2.05) is 0 Å². The predicted molar refractivity (Wildman–Crippen MR) is 72.0 cm³/mol. The van der Waals surface area contributed by atoms with E-state index < -0.39 is 11.9 Å². The van der Waals surface area contributed by atoms with Crippen molar-refractivity contribution in [1.29, 1.82) is 0 Å². The molecule has 2 aromatic heterocycles. The van der Waals surface area contributed by atoms with Gasteiger partial charge in [0.1, 0.15) is 5.69 Å². The van der Waals surface area contributed by atoms with E-state index in [4.69, 9.17) is 9.26 Å². The lowest BCUT2D eigenvalue weighted by Crippen LogP contribution is -2.13. The van der Waals surface area contributed by atoms with Gasteiger partial charge < -0.3 is 9.26 Å². The number of rotatable bonds is 4. The maximum Gasteiger partial charge on any atom is 0.367 e. The second kappa shape index (κ2) is 5.83. The van der Waals surface area contributed by atoms with Crippen molar-refractivity contribution >= 4 is 29.1 Å². The zero-order chi connectivity index (χ0) is 14.7. The number of carbonyl (C=O) groups is 2. The number of esters is 1. The molecule has 7 nitrogen and oxygen atoms in total. The van der Waals surface area contributed by atoms with Gasteiger partial charge >= 0.3 is 5.97 Å². The highest BCUT2D eigenvalue weighted by atomic mass is 32.1. The van der Waals surface area contributed by atoms with Gasteiger partial charge in [-0.15, -0.1) is 11.3 Å². The van der Waals surface area contributed by atoms with E-state index in [1.165, 1.54) is 5.38 Å². The lowest BCUT2D eigenvalue weighted by Gasteiger charge is -1.99. The van der Waals surface area contributed by atoms with Crippen LogP contribution in [0.4, 0.5) is 5.88 Å². The molecular weight excluding hydrogens is 282 g/mol. The van der Waals surface area contributed by atoms with Crippen molar-refractivity contribution in [2.45, 2.75) is 20.8 Å². The summed E-state index contributed by atoms with van der Waals surface area (Å²) in [6, 6.07) is 0. The molecule has 2 heterocycles. The summed E-state index contributed by atoms with van der Waals surface area (Å²) in [5.74, 6) is -0.725. The monoisotopic (exact) mass is 295 g/mol. The Kier molecular flexibility index (Phi) is 4.14. The molecule has 0 saturated heterocycles. The van der Waals surface area contributed by atoms with Crippen molar-refractivity contribution in [3.8, 4) is 0 Å². The summed E-state index contributed by atoms with van der Waals surface area (Å²) in [5.41, 5.74) is 1.58. The van der Waals surface area contributed by atoms with E-state index in [0.29, 0.717) is 5.69 Å². The van der Waals surface area contributed by atoms with E-state index in [2.05, 4.69) is 15.5 Å². The number of anilines is 1. The zero-order valence-electron chi connectivity index (χ0n) is 11.2. The molecule has 1 N–H and O–H groups in total. The number of ether oxygens (including phenoxy) is 1. The maximum atomic E-state index is 12.0. The van der Waals surface area contributed by atoms with Gasteiger partial charge in [-0.3, -0.25) is 10.1 Å².